The Labute approximate surface area is 193 Å². The highest BCUT2D eigenvalue weighted by atomic mass is 16.2. The molecule has 5 nitrogen and oxygen atoms in total. The van der Waals surface area contributed by atoms with Gasteiger partial charge in [0.25, 0.3) is 5.91 Å². The lowest BCUT2D eigenvalue weighted by Crippen LogP contribution is -2.45. The third-order valence-corrected chi connectivity index (χ3v) is 7.02. The van der Waals surface area contributed by atoms with Crippen LogP contribution in [0, 0.1) is 0 Å². The number of piperidine rings is 2. The Bertz CT molecular complexity index is 844. The monoisotopic (exact) mass is 434 g/mol. The van der Waals surface area contributed by atoms with Gasteiger partial charge in [0, 0.05) is 64.1 Å². The molecule has 2 heterocycles. The second-order valence-corrected chi connectivity index (χ2v) is 9.51. The first-order valence-electron chi connectivity index (χ1n) is 12.2. The molecule has 1 amide bonds. The summed E-state index contributed by atoms with van der Waals surface area (Å²) in [6.45, 7) is 6.78. The van der Waals surface area contributed by atoms with Crippen molar-refractivity contribution in [2.24, 2.45) is 0 Å². The number of likely N-dealkylation sites (tertiary alicyclic amines) is 1. The van der Waals surface area contributed by atoms with Crippen molar-refractivity contribution < 1.29 is 4.79 Å². The number of benzene rings is 2. The van der Waals surface area contributed by atoms with Crippen LogP contribution in [-0.2, 0) is 0 Å². The van der Waals surface area contributed by atoms with E-state index in [2.05, 4.69) is 57.6 Å². The molecular weight excluding hydrogens is 396 g/mol. The minimum absolute atomic E-state index is 0.0586. The molecule has 0 bridgehead atoms. The van der Waals surface area contributed by atoms with E-state index in [4.69, 9.17) is 0 Å². The number of rotatable bonds is 7. The van der Waals surface area contributed by atoms with Gasteiger partial charge in [-0.2, -0.15) is 0 Å². The summed E-state index contributed by atoms with van der Waals surface area (Å²) in [6.07, 6.45) is 4.96. The summed E-state index contributed by atoms with van der Waals surface area (Å²) in [5.74, 6) is 0.746. The van der Waals surface area contributed by atoms with E-state index in [9.17, 15) is 4.79 Å². The molecule has 2 saturated heterocycles. The molecule has 2 aromatic rings. The standard InChI is InChI=1S/C27H38N4O/c1-29(2)27(32)23-10-12-26(13-11-23)31-18-14-25(15-19-31)28-16-20-30-17-6-9-24(21-30)22-7-4-3-5-8-22/h3-5,7-8,10-13,24-25,28H,6,9,14-21H2,1-2H3. The van der Waals surface area contributed by atoms with Crippen molar-refractivity contribution in [2.75, 3.05) is 58.3 Å². The van der Waals surface area contributed by atoms with Crippen LogP contribution in [0.1, 0.15) is 47.5 Å². The van der Waals surface area contributed by atoms with Gasteiger partial charge >= 0.3 is 0 Å². The van der Waals surface area contributed by atoms with Gasteiger partial charge in [-0.3, -0.25) is 4.79 Å². The lowest BCUT2D eigenvalue weighted by atomic mass is 9.91. The SMILES string of the molecule is CN(C)C(=O)c1ccc(N2CCC(NCCN3CCCC(c4ccccc4)C3)CC2)cc1. The first-order chi connectivity index (χ1) is 15.6. The lowest BCUT2D eigenvalue weighted by Gasteiger charge is -2.36. The van der Waals surface area contributed by atoms with Crippen molar-refractivity contribution >= 4 is 11.6 Å². The Balaban J connectivity index is 1.17. The van der Waals surface area contributed by atoms with Crippen LogP contribution in [0.3, 0.4) is 0 Å². The fraction of sp³-hybridized carbons (Fsp3) is 0.519. The van der Waals surface area contributed by atoms with Gasteiger partial charge in [-0.15, -0.1) is 0 Å². The van der Waals surface area contributed by atoms with E-state index >= 15 is 0 Å². The smallest absolute Gasteiger partial charge is 0.253 e. The Morgan fingerprint density at radius 1 is 0.969 bits per heavy atom. The van der Waals surface area contributed by atoms with E-state index in [-0.39, 0.29) is 5.91 Å². The molecule has 0 aromatic heterocycles. The molecule has 1 atom stereocenters. The summed E-state index contributed by atoms with van der Waals surface area (Å²) in [4.78, 5) is 18.8. The minimum atomic E-state index is 0.0586. The molecule has 2 aromatic carbocycles. The Morgan fingerprint density at radius 3 is 2.38 bits per heavy atom. The number of carbonyl (C=O) groups is 1. The number of amides is 1. The van der Waals surface area contributed by atoms with Gasteiger partial charge in [-0.25, -0.2) is 0 Å². The third kappa shape index (κ3) is 5.90. The van der Waals surface area contributed by atoms with Crippen LogP contribution >= 0.6 is 0 Å². The summed E-state index contributed by atoms with van der Waals surface area (Å²) in [7, 11) is 3.59. The first kappa shape index (κ1) is 22.8. The van der Waals surface area contributed by atoms with Gasteiger partial charge in [0.2, 0.25) is 0 Å². The van der Waals surface area contributed by atoms with E-state index < -0.39 is 0 Å². The molecule has 0 saturated carbocycles. The molecule has 0 radical (unpaired) electrons. The number of nitrogens with zero attached hydrogens (tertiary/aromatic N) is 3. The molecular formula is C27H38N4O. The number of nitrogens with one attached hydrogen (secondary N) is 1. The van der Waals surface area contributed by atoms with Crippen LogP contribution in [0.15, 0.2) is 54.6 Å². The van der Waals surface area contributed by atoms with Crippen LogP contribution in [-0.4, -0.2) is 75.1 Å². The zero-order valence-corrected chi connectivity index (χ0v) is 19.7. The molecule has 2 fully saturated rings. The van der Waals surface area contributed by atoms with E-state index in [1.165, 1.54) is 50.0 Å². The number of hydrogen-bond donors (Lipinski definition) is 1. The minimum Gasteiger partial charge on any atom is -0.371 e. The third-order valence-electron chi connectivity index (χ3n) is 7.02. The summed E-state index contributed by atoms with van der Waals surface area (Å²) in [5, 5.41) is 3.81. The van der Waals surface area contributed by atoms with Crippen molar-refractivity contribution in [2.45, 2.75) is 37.6 Å². The largest absolute Gasteiger partial charge is 0.371 e. The highest BCUT2D eigenvalue weighted by Crippen LogP contribution is 2.26. The predicted molar refractivity (Wildman–Crippen MR) is 133 cm³/mol. The number of anilines is 1. The zero-order chi connectivity index (χ0) is 22.3. The van der Waals surface area contributed by atoms with Crippen molar-refractivity contribution in [3.8, 4) is 0 Å². The Kier molecular flexibility index (Phi) is 7.82. The number of hydrogen-bond acceptors (Lipinski definition) is 4. The zero-order valence-electron chi connectivity index (χ0n) is 19.7. The molecule has 0 spiro atoms. The first-order valence-corrected chi connectivity index (χ1v) is 12.2. The number of carbonyl (C=O) groups excluding carboxylic acids is 1. The van der Waals surface area contributed by atoms with Gasteiger partial charge in [0.05, 0.1) is 0 Å². The molecule has 1 N–H and O–H groups in total. The summed E-state index contributed by atoms with van der Waals surface area (Å²) >= 11 is 0. The summed E-state index contributed by atoms with van der Waals surface area (Å²) in [5.41, 5.74) is 3.47. The average Bonchev–Trinajstić information content (AvgIpc) is 2.85. The van der Waals surface area contributed by atoms with Crippen LogP contribution in [0.5, 0.6) is 0 Å². The molecule has 2 aliphatic rings. The topological polar surface area (TPSA) is 38.8 Å². The fourth-order valence-electron chi connectivity index (χ4n) is 5.10. The van der Waals surface area contributed by atoms with E-state index in [1.54, 1.807) is 19.0 Å². The molecule has 172 valence electrons. The van der Waals surface area contributed by atoms with E-state index in [0.29, 0.717) is 12.0 Å². The van der Waals surface area contributed by atoms with Crippen LogP contribution in [0.2, 0.25) is 0 Å². The highest BCUT2D eigenvalue weighted by Gasteiger charge is 2.22. The molecule has 2 aliphatic heterocycles. The Morgan fingerprint density at radius 2 is 1.69 bits per heavy atom. The maximum Gasteiger partial charge on any atom is 0.253 e. The quantitative estimate of drug-likeness (QED) is 0.719. The van der Waals surface area contributed by atoms with Crippen molar-refractivity contribution in [3.63, 3.8) is 0 Å². The van der Waals surface area contributed by atoms with Crippen LogP contribution in [0.25, 0.3) is 0 Å². The van der Waals surface area contributed by atoms with Gasteiger partial charge in [0.15, 0.2) is 0 Å². The molecule has 32 heavy (non-hydrogen) atoms. The normalized spacial score (nSPS) is 20.3. The van der Waals surface area contributed by atoms with Crippen molar-refractivity contribution in [1.29, 1.82) is 0 Å². The fourth-order valence-corrected chi connectivity index (χ4v) is 5.10. The Hall–Kier alpha value is -2.37. The second kappa shape index (κ2) is 11.0. The summed E-state index contributed by atoms with van der Waals surface area (Å²) < 4.78 is 0. The van der Waals surface area contributed by atoms with Gasteiger partial charge in [0.1, 0.15) is 0 Å². The molecule has 4 rings (SSSR count). The lowest BCUT2D eigenvalue weighted by molar-refractivity contribution is 0.0827. The maximum absolute atomic E-state index is 12.1. The van der Waals surface area contributed by atoms with Crippen molar-refractivity contribution in [3.05, 3.63) is 65.7 Å². The predicted octanol–water partition coefficient (Wildman–Crippen LogP) is 3.83. The van der Waals surface area contributed by atoms with Crippen molar-refractivity contribution in [1.82, 2.24) is 15.1 Å². The highest BCUT2D eigenvalue weighted by molar-refractivity contribution is 5.94. The van der Waals surface area contributed by atoms with E-state index in [1.807, 2.05) is 12.1 Å². The van der Waals surface area contributed by atoms with Gasteiger partial charge in [-0.05, 0) is 68.0 Å². The molecule has 1 unspecified atom stereocenters. The molecule has 5 heteroatoms. The van der Waals surface area contributed by atoms with E-state index in [0.717, 1.165) is 31.7 Å². The maximum atomic E-state index is 12.1. The average molecular weight is 435 g/mol. The second-order valence-electron chi connectivity index (χ2n) is 9.51. The van der Waals surface area contributed by atoms with Gasteiger partial charge < -0.3 is 20.0 Å². The molecule has 0 aliphatic carbocycles. The van der Waals surface area contributed by atoms with Crippen LogP contribution < -0.4 is 10.2 Å². The van der Waals surface area contributed by atoms with Crippen LogP contribution in [0.4, 0.5) is 5.69 Å². The van der Waals surface area contributed by atoms with Gasteiger partial charge in [-0.1, -0.05) is 30.3 Å². The summed E-state index contributed by atoms with van der Waals surface area (Å²) in [6, 6.07) is 19.7.